The van der Waals surface area contributed by atoms with Gasteiger partial charge in [0, 0.05) is 45.4 Å². The minimum atomic E-state index is -0.0916. The van der Waals surface area contributed by atoms with Crippen LogP contribution in [0.4, 0.5) is 5.82 Å². The molecule has 2 aliphatic heterocycles. The van der Waals surface area contributed by atoms with Crippen LogP contribution in [0.25, 0.3) is 0 Å². The van der Waals surface area contributed by atoms with Gasteiger partial charge in [-0.1, -0.05) is 36.8 Å². The van der Waals surface area contributed by atoms with Crippen molar-refractivity contribution in [3.05, 3.63) is 47.9 Å². The molecular formula is C31H45N5O4. The van der Waals surface area contributed by atoms with Crippen molar-refractivity contribution < 1.29 is 19.0 Å². The van der Waals surface area contributed by atoms with Gasteiger partial charge in [0.25, 0.3) is 5.91 Å². The van der Waals surface area contributed by atoms with Gasteiger partial charge in [0.15, 0.2) is 17.3 Å². The Bertz CT molecular complexity index is 1090. The molecule has 9 heteroatoms. The third-order valence-corrected chi connectivity index (χ3v) is 9.25. The number of carbonyl (C=O) groups is 1. The van der Waals surface area contributed by atoms with Crippen molar-refractivity contribution in [2.45, 2.75) is 69.1 Å². The molecule has 0 bridgehead atoms. The largest absolute Gasteiger partial charge is 0.491 e. The Hall–Kier alpha value is -2.75. The Morgan fingerprint density at radius 2 is 1.90 bits per heavy atom. The second kappa shape index (κ2) is 13.7. The molecule has 40 heavy (non-hydrogen) atoms. The molecule has 9 nitrogen and oxygen atoms in total. The fourth-order valence-corrected chi connectivity index (χ4v) is 6.88. The molecule has 5 rings (SSSR count). The number of piperidine rings is 1. The van der Waals surface area contributed by atoms with Crippen LogP contribution >= 0.6 is 0 Å². The number of aromatic nitrogens is 2. The third kappa shape index (κ3) is 6.58. The Balaban J connectivity index is 1.18. The highest BCUT2D eigenvalue weighted by molar-refractivity contribution is 5.96. The van der Waals surface area contributed by atoms with Crippen molar-refractivity contribution in [2.75, 3.05) is 59.4 Å². The summed E-state index contributed by atoms with van der Waals surface area (Å²) in [6.07, 6.45) is 9.17. The van der Waals surface area contributed by atoms with Crippen molar-refractivity contribution in [3.63, 3.8) is 0 Å². The summed E-state index contributed by atoms with van der Waals surface area (Å²) in [7, 11) is 5.54. The molecule has 1 saturated carbocycles. The average molecular weight is 552 g/mol. The zero-order valence-corrected chi connectivity index (χ0v) is 24.3. The van der Waals surface area contributed by atoms with Gasteiger partial charge < -0.3 is 24.4 Å². The molecule has 1 aromatic heterocycles. The van der Waals surface area contributed by atoms with Gasteiger partial charge in [0.1, 0.15) is 6.33 Å². The number of likely N-dealkylation sites (tertiary alicyclic amines) is 1. The number of benzene rings is 1. The quantitative estimate of drug-likeness (QED) is 0.496. The monoisotopic (exact) mass is 551 g/mol. The number of hydrogen-bond acceptors (Lipinski definition) is 8. The summed E-state index contributed by atoms with van der Waals surface area (Å²) in [5.74, 6) is 2.09. The van der Waals surface area contributed by atoms with Crippen LogP contribution in [-0.4, -0.2) is 98.0 Å². The van der Waals surface area contributed by atoms with Crippen LogP contribution in [0.1, 0.15) is 66.9 Å². The number of amides is 1. The first-order valence-electron chi connectivity index (χ1n) is 14.9. The summed E-state index contributed by atoms with van der Waals surface area (Å²) < 4.78 is 17.0. The molecule has 3 heterocycles. The molecule has 1 amide bonds. The first-order chi connectivity index (χ1) is 19.6. The van der Waals surface area contributed by atoms with Crippen molar-refractivity contribution >= 4 is 11.7 Å². The molecule has 0 radical (unpaired) electrons. The number of nitrogens with zero attached hydrogens (tertiary/aromatic N) is 4. The lowest BCUT2D eigenvalue weighted by molar-refractivity contribution is -0.0891. The number of carbonyl (C=O) groups excluding carboxylic acids is 1. The second-order valence-corrected chi connectivity index (χ2v) is 11.5. The number of methoxy groups -OCH3 is 2. The predicted molar refractivity (Wildman–Crippen MR) is 155 cm³/mol. The smallest absolute Gasteiger partial charge is 0.276 e. The minimum absolute atomic E-state index is 0.0902. The molecule has 1 aliphatic carbocycles. The highest BCUT2D eigenvalue weighted by atomic mass is 16.5. The van der Waals surface area contributed by atoms with Gasteiger partial charge in [-0.05, 0) is 63.0 Å². The van der Waals surface area contributed by atoms with E-state index in [2.05, 4.69) is 57.6 Å². The lowest BCUT2D eigenvalue weighted by Gasteiger charge is -2.44. The molecule has 4 atom stereocenters. The summed E-state index contributed by atoms with van der Waals surface area (Å²) in [6.45, 7) is 3.59. The van der Waals surface area contributed by atoms with E-state index in [1.54, 1.807) is 14.2 Å². The Morgan fingerprint density at radius 3 is 2.65 bits per heavy atom. The highest BCUT2D eigenvalue weighted by Gasteiger charge is 2.35. The molecule has 2 saturated heterocycles. The Labute approximate surface area is 238 Å². The number of rotatable bonds is 9. The number of anilines is 1. The standard InChI is InChI=1S/C31H45N5O4/c1-35(26-14-17-40-20-27(26)38-2)25-12-15-36(16-13-25)31(37)28-29(39-3)30(34-21-33-28)32-19-22-8-7-11-24(18-22)23-9-5-4-6-10-23/h4-6,9-10,21-22,24-27H,7-8,11-20H2,1-3H3,(H,32,33,34). The first-order valence-corrected chi connectivity index (χ1v) is 14.9. The van der Waals surface area contributed by atoms with Crippen molar-refractivity contribution in [3.8, 4) is 5.75 Å². The topological polar surface area (TPSA) is 89.0 Å². The fraction of sp³-hybridized carbons (Fsp3) is 0.645. The van der Waals surface area contributed by atoms with Crippen LogP contribution in [0, 0.1) is 5.92 Å². The summed E-state index contributed by atoms with van der Waals surface area (Å²) >= 11 is 0. The first kappa shape index (κ1) is 28.8. The maximum atomic E-state index is 13.6. The van der Waals surface area contributed by atoms with Gasteiger partial charge in [-0.25, -0.2) is 9.97 Å². The molecule has 3 aliphatic rings. The molecular weight excluding hydrogens is 506 g/mol. The number of ether oxygens (including phenoxy) is 3. The Morgan fingerprint density at radius 1 is 1.10 bits per heavy atom. The van der Waals surface area contributed by atoms with Gasteiger partial charge in [0.05, 0.1) is 19.8 Å². The molecule has 218 valence electrons. The van der Waals surface area contributed by atoms with E-state index in [9.17, 15) is 4.79 Å². The highest BCUT2D eigenvalue weighted by Crippen LogP contribution is 2.37. The zero-order valence-electron chi connectivity index (χ0n) is 24.3. The van der Waals surface area contributed by atoms with E-state index in [0.29, 0.717) is 60.9 Å². The summed E-state index contributed by atoms with van der Waals surface area (Å²) in [6, 6.07) is 11.6. The van der Waals surface area contributed by atoms with Crippen LogP contribution in [0.5, 0.6) is 5.75 Å². The predicted octanol–water partition coefficient (Wildman–Crippen LogP) is 4.21. The number of nitrogens with one attached hydrogen (secondary N) is 1. The average Bonchev–Trinajstić information content (AvgIpc) is 3.03. The van der Waals surface area contributed by atoms with E-state index < -0.39 is 0 Å². The Kier molecular flexibility index (Phi) is 9.88. The van der Waals surface area contributed by atoms with E-state index in [-0.39, 0.29) is 12.0 Å². The van der Waals surface area contributed by atoms with Crippen molar-refractivity contribution in [2.24, 2.45) is 5.92 Å². The van der Waals surface area contributed by atoms with Gasteiger partial charge >= 0.3 is 0 Å². The molecule has 1 aromatic carbocycles. The summed E-state index contributed by atoms with van der Waals surface area (Å²) in [5, 5.41) is 3.50. The van der Waals surface area contributed by atoms with Gasteiger partial charge in [-0.15, -0.1) is 0 Å². The minimum Gasteiger partial charge on any atom is -0.491 e. The SMILES string of the molecule is COc1c(NCC2CCCC(c3ccccc3)C2)ncnc1C(=O)N1CCC(N(C)C2CCOCC2OC)CC1. The fourth-order valence-electron chi connectivity index (χ4n) is 6.88. The maximum Gasteiger partial charge on any atom is 0.276 e. The van der Waals surface area contributed by atoms with Crippen LogP contribution < -0.4 is 10.1 Å². The van der Waals surface area contributed by atoms with E-state index in [0.717, 1.165) is 38.8 Å². The van der Waals surface area contributed by atoms with Gasteiger partial charge in [0.2, 0.25) is 0 Å². The normalized spacial score (nSPS) is 26.1. The van der Waals surface area contributed by atoms with Gasteiger partial charge in [-0.2, -0.15) is 0 Å². The van der Waals surface area contributed by atoms with Crippen molar-refractivity contribution in [1.82, 2.24) is 19.8 Å². The summed E-state index contributed by atoms with van der Waals surface area (Å²) in [5.41, 5.74) is 1.77. The van der Waals surface area contributed by atoms with E-state index in [1.807, 2.05) is 4.90 Å². The van der Waals surface area contributed by atoms with Crippen LogP contribution in [0.2, 0.25) is 0 Å². The molecule has 1 N–H and O–H groups in total. The molecule has 4 unspecified atom stereocenters. The lowest BCUT2D eigenvalue weighted by atomic mass is 9.78. The van der Waals surface area contributed by atoms with Crippen LogP contribution in [-0.2, 0) is 9.47 Å². The maximum absolute atomic E-state index is 13.6. The lowest BCUT2D eigenvalue weighted by Crippen LogP contribution is -2.54. The van der Waals surface area contributed by atoms with E-state index in [1.165, 1.54) is 31.2 Å². The second-order valence-electron chi connectivity index (χ2n) is 11.5. The van der Waals surface area contributed by atoms with Crippen LogP contribution in [0.3, 0.4) is 0 Å². The van der Waals surface area contributed by atoms with E-state index in [4.69, 9.17) is 14.2 Å². The van der Waals surface area contributed by atoms with Crippen molar-refractivity contribution in [1.29, 1.82) is 0 Å². The van der Waals surface area contributed by atoms with E-state index >= 15 is 0 Å². The van der Waals surface area contributed by atoms with Crippen LogP contribution in [0.15, 0.2) is 36.7 Å². The number of hydrogen-bond donors (Lipinski definition) is 1. The van der Waals surface area contributed by atoms with Gasteiger partial charge in [-0.3, -0.25) is 9.69 Å². The molecule has 0 spiro atoms. The zero-order chi connectivity index (χ0) is 27.9. The molecule has 2 aromatic rings. The molecule has 3 fully saturated rings. The number of likely N-dealkylation sites (N-methyl/N-ethyl adjacent to an activating group) is 1. The summed E-state index contributed by atoms with van der Waals surface area (Å²) in [4.78, 5) is 26.8. The third-order valence-electron chi connectivity index (χ3n) is 9.25.